The number of ether oxygens (including phenoxy) is 1. The second kappa shape index (κ2) is 11.0. The summed E-state index contributed by atoms with van der Waals surface area (Å²) in [5, 5.41) is 0. The third-order valence-electron chi connectivity index (χ3n) is 5.90. The molecule has 37 heavy (non-hydrogen) atoms. The average Bonchev–Trinajstić information content (AvgIpc) is 3.23. The molecular weight excluding hydrogens is 562 g/mol. The summed E-state index contributed by atoms with van der Waals surface area (Å²) in [4.78, 5) is 33.1. The fraction of sp³-hybridized carbons (Fsp3) is 0.320. The Labute approximate surface area is 222 Å². The van der Waals surface area contributed by atoms with E-state index in [2.05, 4.69) is 30.6 Å². The SMILES string of the molecule is CCCn1c(=O)n(C)c(=O)c2[nH]c(-c3cc(S(=O)(=O)NCCc4ccccn4)ccc3OCC)c(Br)c21. The maximum Gasteiger partial charge on any atom is 0.331 e. The minimum atomic E-state index is -3.86. The van der Waals surface area contributed by atoms with E-state index in [1.54, 1.807) is 18.3 Å². The number of fused-ring (bicyclic) bond motifs is 1. The van der Waals surface area contributed by atoms with Gasteiger partial charge in [0.05, 0.1) is 27.2 Å². The quantitative estimate of drug-likeness (QED) is 0.292. The first kappa shape index (κ1) is 26.8. The summed E-state index contributed by atoms with van der Waals surface area (Å²) in [6.45, 7) is 4.70. The number of aryl methyl sites for hydroxylation is 1. The van der Waals surface area contributed by atoms with E-state index in [1.807, 2.05) is 26.0 Å². The maximum atomic E-state index is 13.1. The number of nitrogens with zero attached hydrogens (tertiary/aromatic N) is 3. The number of rotatable bonds is 10. The molecule has 3 heterocycles. The molecule has 0 unspecified atom stereocenters. The zero-order chi connectivity index (χ0) is 26.7. The standard InChI is InChI=1S/C25H28BrN5O5S/c1-4-14-31-23-20(26)21(29-22(23)24(32)30(3)25(31)33)18-15-17(9-10-19(18)36-5-2)37(34,35)28-13-11-16-8-6-7-12-27-16/h6-10,12,15,28-29H,4-5,11,13-14H2,1-3H3. The molecule has 0 fully saturated rings. The van der Waals surface area contributed by atoms with Crippen molar-refractivity contribution in [3.63, 3.8) is 0 Å². The molecule has 0 saturated carbocycles. The fourth-order valence-corrected chi connectivity index (χ4v) is 5.90. The monoisotopic (exact) mass is 589 g/mol. The fourth-order valence-electron chi connectivity index (χ4n) is 4.12. The van der Waals surface area contributed by atoms with Gasteiger partial charge in [-0.3, -0.25) is 18.9 Å². The second-order valence-corrected chi connectivity index (χ2v) is 11.0. The first-order chi connectivity index (χ1) is 17.7. The van der Waals surface area contributed by atoms with E-state index >= 15 is 0 Å². The molecule has 0 aliphatic carbocycles. The molecule has 2 N–H and O–H groups in total. The molecule has 0 saturated heterocycles. The lowest BCUT2D eigenvalue weighted by Gasteiger charge is -2.13. The number of benzene rings is 1. The molecule has 0 aliphatic rings. The molecular formula is C25H28BrN5O5S. The van der Waals surface area contributed by atoms with Crippen molar-refractivity contribution >= 4 is 37.0 Å². The van der Waals surface area contributed by atoms with Gasteiger partial charge in [0.1, 0.15) is 11.3 Å². The summed E-state index contributed by atoms with van der Waals surface area (Å²) in [6.07, 6.45) is 2.78. The molecule has 1 aromatic carbocycles. The number of hydrogen-bond donors (Lipinski definition) is 2. The Hall–Kier alpha value is -3.22. The Morgan fingerprint density at radius 1 is 1.16 bits per heavy atom. The van der Waals surface area contributed by atoms with Crippen molar-refractivity contribution < 1.29 is 13.2 Å². The lowest BCUT2D eigenvalue weighted by molar-refractivity contribution is 0.341. The number of halogens is 1. The highest BCUT2D eigenvalue weighted by Crippen LogP contribution is 2.39. The topological polar surface area (TPSA) is 128 Å². The van der Waals surface area contributed by atoms with E-state index in [1.165, 1.54) is 23.7 Å². The van der Waals surface area contributed by atoms with Gasteiger partial charge in [0.25, 0.3) is 5.56 Å². The molecule has 10 nitrogen and oxygen atoms in total. The van der Waals surface area contributed by atoms with Crippen molar-refractivity contribution in [3.8, 4) is 17.0 Å². The molecule has 3 aromatic heterocycles. The van der Waals surface area contributed by atoms with Crippen LogP contribution in [0.25, 0.3) is 22.3 Å². The summed E-state index contributed by atoms with van der Waals surface area (Å²) < 4.78 is 37.7. The van der Waals surface area contributed by atoms with Gasteiger partial charge in [0.15, 0.2) is 0 Å². The van der Waals surface area contributed by atoms with E-state index in [0.717, 1.165) is 10.3 Å². The zero-order valence-electron chi connectivity index (χ0n) is 20.7. The van der Waals surface area contributed by atoms with Gasteiger partial charge in [-0.2, -0.15) is 0 Å². The van der Waals surface area contributed by atoms with Gasteiger partial charge in [-0.15, -0.1) is 0 Å². The average molecular weight is 591 g/mol. The molecule has 4 aromatic rings. The van der Waals surface area contributed by atoms with Crippen LogP contribution in [0.5, 0.6) is 5.75 Å². The normalized spacial score (nSPS) is 11.8. The van der Waals surface area contributed by atoms with Crippen LogP contribution in [-0.2, 0) is 30.0 Å². The number of nitrogens with one attached hydrogen (secondary N) is 2. The predicted octanol–water partition coefficient (Wildman–Crippen LogP) is 3.18. The molecule has 4 rings (SSSR count). The lowest BCUT2D eigenvalue weighted by Crippen LogP contribution is -2.38. The molecule has 12 heteroatoms. The van der Waals surface area contributed by atoms with Crippen LogP contribution in [0.15, 0.2) is 61.6 Å². The number of hydrogen-bond acceptors (Lipinski definition) is 6. The van der Waals surface area contributed by atoms with Gasteiger partial charge in [-0.05, 0) is 59.6 Å². The molecule has 196 valence electrons. The summed E-state index contributed by atoms with van der Waals surface area (Å²) >= 11 is 3.56. The van der Waals surface area contributed by atoms with Crippen LogP contribution < -0.4 is 20.7 Å². The van der Waals surface area contributed by atoms with Crippen LogP contribution in [0.1, 0.15) is 26.0 Å². The van der Waals surface area contributed by atoms with Crippen LogP contribution in [0, 0.1) is 0 Å². The van der Waals surface area contributed by atoms with Crippen molar-refractivity contribution in [1.29, 1.82) is 0 Å². The van der Waals surface area contributed by atoms with Gasteiger partial charge in [-0.1, -0.05) is 13.0 Å². The zero-order valence-corrected chi connectivity index (χ0v) is 23.1. The summed E-state index contributed by atoms with van der Waals surface area (Å²) in [6, 6.07) is 10.0. The minimum Gasteiger partial charge on any atom is -0.493 e. The summed E-state index contributed by atoms with van der Waals surface area (Å²) in [7, 11) is -2.43. The van der Waals surface area contributed by atoms with Crippen LogP contribution >= 0.6 is 15.9 Å². The van der Waals surface area contributed by atoms with E-state index in [0.29, 0.717) is 53.0 Å². The molecule has 0 amide bonds. The number of sulfonamides is 1. The number of H-pyrrole nitrogens is 1. The molecule has 0 radical (unpaired) electrons. The number of aromatic nitrogens is 4. The van der Waals surface area contributed by atoms with Gasteiger partial charge >= 0.3 is 5.69 Å². The van der Waals surface area contributed by atoms with E-state index in [-0.39, 0.29) is 17.0 Å². The first-order valence-corrected chi connectivity index (χ1v) is 14.1. The lowest BCUT2D eigenvalue weighted by atomic mass is 10.1. The Morgan fingerprint density at radius 3 is 2.62 bits per heavy atom. The largest absolute Gasteiger partial charge is 0.493 e. The Morgan fingerprint density at radius 2 is 1.95 bits per heavy atom. The predicted molar refractivity (Wildman–Crippen MR) is 146 cm³/mol. The van der Waals surface area contributed by atoms with Crippen molar-refractivity contribution in [2.24, 2.45) is 7.05 Å². The highest BCUT2D eigenvalue weighted by molar-refractivity contribution is 9.10. The number of aromatic amines is 1. The van der Waals surface area contributed by atoms with Gasteiger partial charge in [0.2, 0.25) is 10.0 Å². The van der Waals surface area contributed by atoms with Crippen LogP contribution in [0.2, 0.25) is 0 Å². The van der Waals surface area contributed by atoms with E-state index in [9.17, 15) is 18.0 Å². The molecule has 0 bridgehead atoms. The van der Waals surface area contributed by atoms with Gasteiger partial charge in [-0.25, -0.2) is 17.9 Å². The Balaban J connectivity index is 1.81. The maximum absolute atomic E-state index is 13.1. The van der Waals surface area contributed by atoms with Crippen molar-refractivity contribution in [2.75, 3.05) is 13.2 Å². The smallest absolute Gasteiger partial charge is 0.331 e. The Kier molecular flexibility index (Phi) is 8.00. The van der Waals surface area contributed by atoms with Crippen LogP contribution in [-0.4, -0.2) is 40.7 Å². The highest BCUT2D eigenvalue weighted by atomic mass is 79.9. The van der Waals surface area contributed by atoms with Crippen molar-refractivity contribution in [1.82, 2.24) is 23.8 Å². The van der Waals surface area contributed by atoms with E-state index in [4.69, 9.17) is 4.74 Å². The highest BCUT2D eigenvalue weighted by Gasteiger charge is 2.24. The van der Waals surface area contributed by atoms with Crippen molar-refractivity contribution in [2.45, 2.75) is 38.1 Å². The third-order valence-corrected chi connectivity index (χ3v) is 8.13. The minimum absolute atomic E-state index is 0.0383. The van der Waals surface area contributed by atoms with E-state index < -0.39 is 21.3 Å². The molecule has 0 aliphatic heterocycles. The number of pyridine rings is 1. The first-order valence-electron chi connectivity index (χ1n) is 11.9. The van der Waals surface area contributed by atoms with Gasteiger partial charge in [0, 0.05) is 44.0 Å². The summed E-state index contributed by atoms with van der Waals surface area (Å²) in [5.41, 5.74) is 1.42. The Bertz CT molecular complexity index is 1660. The summed E-state index contributed by atoms with van der Waals surface area (Å²) in [5.74, 6) is 0.434. The third kappa shape index (κ3) is 5.27. The van der Waals surface area contributed by atoms with Crippen LogP contribution in [0.3, 0.4) is 0 Å². The van der Waals surface area contributed by atoms with Crippen molar-refractivity contribution in [3.05, 3.63) is 73.6 Å². The second-order valence-electron chi connectivity index (χ2n) is 8.40. The molecule has 0 spiro atoms. The molecule has 0 atom stereocenters. The van der Waals surface area contributed by atoms with Gasteiger partial charge < -0.3 is 9.72 Å². The van der Waals surface area contributed by atoms with Crippen LogP contribution in [0.4, 0.5) is 0 Å².